The van der Waals surface area contributed by atoms with Gasteiger partial charge in [-0.3, -0.25) is 9.59 Å². The Hall–Kier alpha value is -3.78. The fraction of sp³-hybridized carbons (Fsp3) is 0.308. The van der Waals surface area contributed by atoms with Crippen LogP contribution in [0.4, 0.5) is 0 Å². The van der Waals surface area contributed by atoms with Crippen molar-refractivity contribution >= 4 is 17.9 Å². The minimum absolute atomic E-state index is 0.00246. The quantitative estimate of drug-likeness (QED) is 0.563. The summed E-state index contributed by atoms with van der Waals surface area (Å²) in [6.45, 7) is 4.54. The maximum atomic E-state index is 13.2. The van der Waals surface area contributed by atoms with Crippen molar-refractivity contribution in [3.05, 3.63) is 88.8 Å². The van der Waals surface area contributed by atoms with Crippen molar-refractivity contribution in [2.45, 2.75) is 26.2 Å². The van der Waals surface area contributed by atoms with E-state index in [0.717, 1.165) is 11.1 Å². The van der Waals surface area contributed by atoms with Crippen LogP contribution in [0.3, 0.4) is 0 Å². The second-order valence-corrected chi connectivity index (χ2v) is 8.60. The molecule has 0 spiro atoms. The van der Waals surface area contributed by atoms with E-state index in [1.54, 1.807) is 14.5 Å². The molecule has 1 fully saturated rings. The molecule has 8 heteroatoms. The molecule has 2 aliphatic heterocycles. The van der Waals surface area contributed by atoms with Crippen LogP contribution in [0.15, 0.2) is 66.2 Å². The fourth-order valence-electron chi connectivity index (χ4n) is 4.42. The van der Waals surface area contributed by atoms with Crippen LogP contribution in [-0.2, 0) is 22.7 Å². The van der Waals surface area contributed by atoms with E-state index in [2.05, 4.69) is 10.3 Å². The summed E-state index contributed by atoms with van der Waals surface area (Å²) in [7, 11) is 0. The van der Waals surface area contributed by atoms with E-state index >= 15 is 0 Å². The highest BCUT2D eigenvalue weighted by Crippen LogP contribution is 2.27. The Morgan fingerprint density at radius 1 is 0.941 bits per heavy atom. The number of ether oxygens (including phenoxy) is 1. The molecule has 1 unspecified atom stereocenters. The van der Waals surface area contributed by atoms with Crippen molar-refractivity contribution in [1.29, 1.82) is 0 Å². The number of carbonyl (C=O) groups excluding carboxylic acids is 2. The maximum Gasteiger partial charge on any atom is 0.276 e. The molecule has 5 rings (SSSR count). The first-order valence-corrected chi connectivity index (χ1v) is 11.5. The van der Waals surface area contributed by atoms with Gasteiger partial charge in [-0.25, -0.2) is 4.68 Å². The van der Waals surface area contributed by atoms with Gasteiger partial charge in [0.05, 0.1) is 18.8 Å². The normalized spacial score (nSPS) is 18.5. The Morgan fingerprint density at radius 3 is 2.29 bits per heavy atom. The number of rotatable bonds is 4. The summed E-state index contributed by atoms with van der Waals surface area (Å²) in [6, 6.07) is 19.8. The highest BCUT2D eigenvalue weighted by molar-refractivity contribution is 5.97. The summed E-state index contributed by atoms with van der Waals surface area (Å²) < 4.78 is 7.79. The number of hydrogen-bond acceptors (Lipinski definition) is 5. The number of nitrogens with zero attached hydrogens (tertiary/aromatic N) is 5. The topological polar surface area (TPSA) is 80.6 Å². The van der Waals surface area contributed by atoms with Crippen molar-refractivity contribution in [2.75, 3.05) is 26.2 Å². The number of aromatic nitrogens is 3. The van der Waals surface area contributed by atoms with Crippen molar-refractivity contribution in [2.24, 2.45) is 0 Å². The van der Waals surface area contributed by atoms with Gasteiger partial charge < -0.3 is 14.5 Å². The number of carbonyl (C=O) groups is 2. The zero-order chi connectivity index (χ0) is 23.5. The van der Waals surface area contributed by atoms with Crippen LogP contribution in [0.1, 0.15) is 40.3 Å². The van der Waals surface area contributed by atoms with Gasteiger partial charge in [0.1, 0.15) is 6.10 Å². The largest absolute Gasteiger partial charge is 0.365 e. The molecule has 0 N–H and O–H groups in total. The molecule has 1 aromatic heterocycles. The molecule has 2 aromatic carbocycles. The molecule has 3 heterocycles. The van der Waals surface area contributed by atoms with Crippen LogP contribution in [0.25, 0.3) is 6.08 Å². The van der Waals surface area contributed by atoms with Crippen molar-refractivity contribution in [1.82, 2.24) is 24.8 Å². The van der Waals surface area contributed by atoms with Crippen LogP contribution in [0, 0.1) is 0 Å². The lowest BCUT2D eigenvalue weighted by Gasteiger charge is -2.34. The maximum absolute atomic E-state index is 13.2. The molecule has 0 bridgehead atoms. The van der Waals surface area contributed by atoms with Crippen molar-refractivity contribution in [3.8, 4) is 0 Å². The second kappa shape index (κ2) is 9.61. The standard InChI is InChI=1S/C26H27N5O3/c1-19(16-20-8-4-2-5-9-20)25(32)29-12-14-30(15-13-29)26(33)24-22-18-34-23(17-31(22)28-27-24)21-10-6-3-7-11-21/h2-11,16,23H,12-15,17-18H2,1H3. The lowest BCUT2D eigenvalue weighted by atomic mass is 10.1. The molecule has 0 saturated carbocycles. The van der Waals surface area contributed by atoms with Gasteiger partial charge in [-0.2, -0.15) is 0 Å². The van der Waals surface area contributed by atoms with Gasteiger partial charge in [0.15, 0.2) is 5.69 Å². The summed E-state index contributed by atoms with van der Waals surface area (Å²) in [5.41, 5.74) is 3.80. The molecule has 174 valence electrons. The Morgan fingerprint density at radius 2 is 1.59 bits per heavy atom. The van der Waals surface area contributed by atoms with E-state index in [-0.39, 0.29) is 24.5 Å². The number of amides is 2. The Bertz CT molecular complexity index is 1200. The molecule has 34 heavy (non-hydrogen) atoms. The monoisotopic (exact) mass is 457 g/mol. The third-order valence-electron chi connectivity index (χ3n) is 6.35. The molecule has 1 atom stereocenters. The summed E-state index contributed by atoms with van der Waals surface area (Å²) in [5, 5.41) is 8.40. The van der Waals surface area contributed by atoms with Crippen LogP contribution in [-0.4, -0.2) is 62.8 Å². The summed E-state index contributed by atoms with van der Waals surface area (Å²) in [5.74, 6) is -0.163. The number of hydrogen-bond donors (Lipinski definition) is 0. The van der Waals surface area contributed by atoms with Crippen molar-refractivity contribution < 1.29 is 14.3 Å². The average molecular weight is 458 g/mol. The van der Waals surface area contributed by atoms with Crippen molar-refractivity contribution in [3.63, 3.8) is 0 Å². The van der Waals surface area contributed by atoms with Crippen LogP contribution < -0.4 is 0 Å². The molecule has 0 aliphatic carbocycles. The molecular weight excluding hydrogens is 430 g/mol. The fourth-order valence-corrected chi connectivity index (χ4v) is 4.42. The Kier molecular flexibility index (Phi) is 6.22. The van der Waals surface area contributed by atoms with E-state index in [1.807, 2.05) is 73.7 Å². The number of fused-ring (bicyclic) bond motifs is 1. The van der Waals surface area contributed by atoms with Gasteiger partial charge in [0, 0.05) is 31.8 Å². The van der Waals surface area contributed by atoms with E-state index in [0.29, 0.717) is 49.7 Å². The van der Waals surface area contributed by atoms with Crippen LogP contribution in [0.2, 0.25) is 0 Å². The predicted octanol–water partition coefficient (Wildman–Crippen LogP) is 2.94. The highest BCUT2D eigenvalue weighted by atomic mass is 16.5. The summed E-state index contributed by atoms with van der Waals surface area (Å²) >= 11 is 0. The van der Waals surface area contributed by atoms with Crippen LogP contribution in [0.5, 0.6) is 0 Å². The minimum Gasteiger partial charge on any atom is -0.365 e. The van der Waals surface area contributed by atoms with Crippen LogP contribution >= 0.6 is 0 Å². The van der Waals surface area contributed by atoms with E-state index in [9.17, 15) is 9.59 Å². The third-order valence-corrected chi connectivity index (χ3v) is 6.35. The first-order valence-electron chi connectivity index (χ1n) is 11.5. The van der Waals surface area contributed by atoms with E-state index in [1.165, 1.54) is 0 Å². The van der Waals surface area contributed by atoms with Gasteiger partial charge in [-0.05, 0) is 24.1 Å². The lowest BCUT2D eigenvalue weighted by molar-refractivity contribution is -0.128. The lowest BCUT2D eigenvalue weighted by Crippen LogP contribution is -2.51. The van der Waals surface area contributed by atoms with E-state index < -0.39 is 0 Å². The van der Waals surface area contributed by atoms with Gasteiger partial charge in [-0.1, -0.05) is 65.9 Å². The molecule has 0 radical (unpaired) electrons. The first-order chi connectivity index (χ1) is 16.6. The van der Waals surface area contributed by atoms with E-state index in [4.69, 9.17) is 4.74 Å². The molecule has 1 saturated heterocycles. The smallest absolute Gasteiger partial charge is 0.276 e. The van der Waals surface area contributed by atoms with Gasteiger partial charge in [-0.15, -0.1) is 5.10 Å². The van der Waals surface area contributed by atoms with Gasteiger partial charge in [0.25, 0.3) is 5.91 Å². The number of benzene rings is 2. The predicted molar refractivity (Wildman–Crippen MR) is 127 cm³/mol. The molecule has 2 aliphatic rings. The summed E-state index contributed by atoms with van der Waals surface area (Å²) in [6.07, 6.45) is 1.78. The second-order valence-electron chi connectivity index (χ2n) is 8.60. The van der Waals surface area contributed by atoms with Gasteiger partial charge in [0.2, 0.25) is 5.91 Å². The zero-order valence-corrected chi connectivity index (χ0v) is 19.1. The first kappa shape index (κ1) is 22.0. The summed E-state index contributed by atoms with van der Waals surface area (Å²) in [4.78, 5) is 29.6. The minimum atomic E-state index is -0.161. The zero-order valence-electron chi connectivity index (χ0n) is 19.1. The average Bonchev–Trinajstić information content (AvgIpc) is 3.32. The molecule has 8 nitrogen and oxygen atoms in total. The molecular formula is C26H27N5O3. The third kappa shape index (κ3) is 4.49. The Balaban J connectivity index is 1.20. The molecule has 3 aromatic rings. The van der Waals surface area contributed by atoms with Gasteiger partial charge >= 0.3 is 0 Å². The Labute approximate surface area is 198 Å². The highest BCUT2D eigenvalue weighted by Gasteiger charge is 2.32. The number of piperazine rings is 1. The SMILES string of the molecule is CC(=Cc1ccccc1)C(=O)N1CCN(C(=O)c2nnn3c2COC(c2ccccc2)C3)CC1. The molecule has 2 amide bonds.